The third kappa shape index (κ3) is 7.54. The van der Waals surface area contributed by atoms with Crippen molar-refractivity contribution in [3.05, 3.63) is 0 Å². The normalized spacial score (nSPS) is 10.2. The van der Waals surface area contributed by atoms with Crippen molar-refractivity contribution in [2.75, 3.05) is 13.7 Å². The van der Waals surface area contributed by atoms with Crippen molar-refractivity contribution in [1.82, 2.24) is 0 Å². The van der Waals surface area contributed by atoms with Gasteiger partial charge in [-0.3, -0.25) is 4.79 Å². The predicted molar refractivity (Wildman–Crippen MR) is 46.1 cm³/mol. The van der Waals surface area contributed by atoms with Gasteiger partial charge in [-0.2, -0.15) is 0 Å². The Morgan fingerprint density at radius 1 is 1.45 bits per heavy atom. The molecule has 0 fully saturated rings. The molecule has 0 aliphatic carbocycles. The van der Waals surface area contributed by atoms with Crippen molar-refractivity contribution in [1.29, 1.82) is 0 Å². The van der Waals surface area contributed by atoms with E-state index in [1.807, 2.05) is 0 Å². The van der Waals surface area contributed by atoms with Gasteiger partial charge in [0.25, 0.3) is 0 Å². The standard InChI is InChI=1S/C7H16O3Si/c1-9-7(8)5-4-6-10-11(2)3/h11H,4-6H2,1-3H3. The monoisotopic (exact) mass is 176 g/mol. The van der Waals surface area contributed by atoms with Crippen LogP contribution < -0.4 is 0 Å². The summed E-state index contributed by atoms with van der Waals surface area (Å²) in [6.07, 6.45) is 1.25. The van der Waals surface area contributed by atoms with Crippen molar-refractivity contribution < 1.29 is 14.0 Å². The first kappa shape index (κ1) is 10.6. The Hall–Kier alpha value is -0.353. The van der Waals surface area contributed by atoms with E-state index in [1.54, 1.807) is 0 Å². The maximum atomic E-state index is 10.6. The molecule has 0 aliphatic heterocycles. The Bertz CT molecular complexity index is 114. The van der Waals surface area contributed by atoms with Gasteiger partial charge >= 0.3 is 5.97 Å². The van der Waals surface area contributed by atoms with Gasteiger partial charge in [-0.15, -0.1) is 0 Å². The zero-order valence-corrected chi connectivity index (χ0v) is 8.58. The SMILES string of the molecule is COC(=O)CCCO[SiH](C)C. The second-order valence-corrected chi connectivity index (χ2v) is 5.03. The van der Waals surface area contributed by atoms with E-state index in [0.717, 1.165) is 6.42 Å². The number of carbonyl (C=O) groups excluding carboxylic acids is 1. The van der Waals surface area contributed by atoms with Crippen molar-refractivity contribution in [3.63, 3.8) is 0 Å². The summed E-state index contributed by atoms with van der Waals surface area (Å²) in [6.45, 7) is 4.91. The lowest BCUT2D eigenvalue weighted by Crippen LogP contribution is -2.10. The first-order chi connectivity index (χ1) is 5.16. The summed E-state index contributed by atoms with van der Waals surface area (Å²) in [5.74, 6) is -0.154. The molecule has 4 heteroatoms. The summed E-state index contributed by atoms with van der Waals surface area (Å²) in [5, 5.41) is 0. The molecule has 0 saturated heterocycles. The summed E-state index contributed by atoms with van der Waals surface area (Å²) in [6, 6.07) is 0. The highest BCUT2D eigenvalue weighted by Crippen LogP contribution is 1.93. The summed E-state index contributed by atoms with van der Waals surface area (Å²) in [4.78, 5) is 10.6. The zero-order valence-electron chi connectivity index (χ0n) is 7.42. The molecule has 0 saturated carbocycles. The molecule has 0 spiro atoms. The summed E-state index contributed by atoms with van der Waals surface area (Å²) in [7, 11) is 0.509. The van der Waals surface area contributed by atoms with Gasteiger partial charge in [-0.1, -0.05) is 0 Å². The fourth-order valence-electron chi connectivity index (χ4n) is 0.638. The minimum absolute atomic E-state index is 0.154. The van der Waals surface area contributed by atoms with Crippen molar-refractivity contribution in [3.8, 4) is 0 Å². The van der Waals surface area contributed by atoms with E-state index >= 15 is 0 Å². The van der Waals surface area contributed by atoms with Crippen LogP contribution in [0.4, 0.5) is 0 Å². The average Bonchev–Trinajstić information content (AvgIpc) is 1.97. The molecule has 11 heavy (non-hydrogen) atoms. The third-order valence-corrected chi connectivity index (χ3v) is 2.11. The molecular formula is C7H16O3Si. The van der Waals surface area contributed by atoms with E-state index in [2.05, 4.69) is 17.8 Å². The molecule has 0 rings (SSSR count). The van der Waals surface area contributed by atoms with Gasteiger partial charge in [0.2, 0.25) is 0 Å². The number of carbonyl (C=O) groups is 1. The van der Waals surface area contributed by atoms with E-state index in [9.17, 15) is 4.79 Å². The quantitative estimate of drug-likeness (QED) is 0.355. The van der Waals surface area contributed by atoms with Crippen molar-refractivity contribution >= 4 is 15.0 Å². The minimum Gasteiger partial charge on any atom is -0.469 e. The first-order valence-electron chi connectivity index (χ1n) is 3.85. The van der Waals surface area contributed by atoms with Crippen LogP contribution in [0, 0.1) is 0 Å². The lowest BCUT2D eigenvalue weighted by molar-refractivity contribution is -0.140. The highest BCUT2D eigenvalue weighted by Gasteiger charge is 2.00. The summed E-state index contributed by atoms with van der Waals surface area (Å²) < 4.78 is 9.84. The van der Waals surface area contributed by atoms with E-state index in [0.29, 0.717) is 13.0 Å². The average molecular weight is 176 g/mol. The lowest BCUT2D eigenvalue weighted by Gasteiger charge is -2.04. The number of rotatable bonds is 5. The smallest absolute Gasteiger partial charge is 0.305 e. The van der Waals surface area contributed by atoms with Crippen LogP contribution in [0.25, 0.3) is 0 Å². The van der Waals surface area contributed by atoms with E-state index in [1.165, 1.54) is 7.11 Å². The molecule has 66 valence electrons. The Balaban J connectivity index is 3.08. The Morgan fingerprint density at radius 3 is 2.55 bits per heavy atom. The van der Waals surface area contributed by atoms with Crippen LogP contribution in [0.5, 0.6) is 0 Å². The fraction of sp³-hybridized carbons (Fsp3) is 0.857. The van der Waals surface area contributed by atoms with E-state index < -0.39 is 9.04 Å². The van der Waals surface area contributed by atoms with Gasteiger partial charge in [-0.05, 0) is 19.5 Å². The molecule has 0 aromatic heterocycles. The van der Waals surface area contributed by atoms with Crippen LogP contribution in [0.2, 0.25) is 13.1 Å². The molecule has 0 amide bonds. The Morgan fingerprint density at radius 2 is 2.09 bits per heavy atom. The van der Waals surface area contributed by atoms with Crippen LogP contribution in [-0.4, -0.2) is 28.7 Å². The van der Waals surface area contributed by atoms with Crippen LogP contribution in [-0.2, 0) is 14.0 Å². The molecule has 0 unspecified atom stereocenters. The van der Waals surface area contributed by atoms with Crippen molar-refractivity contribution in [2.24, 2.45) is 0 Å². The maximum absolute atomic E-state index is 10.6. The van der Waals surface area contributed by atoms with Gasteiger partial charge in [0, 0.05) is 13.0 Å². The largest absolute Gasteiger partial charge is 0.469 e. The highest BCUT2D eigenvalue weighted by atomic mass is 28.3. The van der Waals surface area contributed by atoms with Crippen LogP contribution in [0.15, 0.2) is 0 Å². The van der Waals surface area contributed by atoms with Gasteiger partial charge < -0.3 is 9.16 Å². The number of hydrogen-bond acceptors (Lipinski definition) is 3. The summed E-state index contributed by atoms with van der Waals surface area (Å²) >= 11 is 0. The minimum atomic E-state index is -0.894. The van der Waals surface area contributed by atoms with Crippen LogP contribution >= 0.6 is 0 Å². The molecule has 0 aromatic carbocycles. The predicted octanol–water partition coefficient (Wildman–Crippen LogP) is 0.940. The number of hydrogen-bond donors (Lipinski definition) is 0. The van der Waals surface area contributed by atoms with Crippen LogP contribution in [0.3, 0.4) is 0 Å². The highest BCUT2D eigenvalue weighted by molar-refractivity contribution is 6.48. The summed E-state index contributed by atoms with van der Waals surface area (Å²) in [5.41, 5.74) is 0. The third-order valence-electron chi connectivity index (χ3n) is 1.20. The second kappa shape index (κ2) is 6.36. The van der Waals surface area contributed by atoms with Gasteiger partial charge in [0.05, 0.1) is 7.11 Å². The fourth-order valence-corrected chi connectivity index (χ4v) is 1.28. The molecule has 0 aromatic rings. The maximum Gasteiger partial charge on any atom is 0.305 e. The molecule has 0 aliphatic rings. The van der Waals surface area contributed by atoms with Crippen molar-refractivity contribution in [2.45, 2.75) is 25.9 Å². The van der Waals surface area contributed by atoms with Gasteiger partial charge in [-0.25, -0.2) is 0 Å². The van der Waals surface area contributed by atoms with E-state index in [-0.39, 0.29) is 5.97 Å². The Labute approximate surface area is 69.4 Å². The van der Waals surface area contributed by atoms with E-state index in [4.69, 9.17) is 4.43 Å². The molecule has 0 atom stereocenters. The second-order valence-electron chi connectivity index (χ2n) is 2.60. The molecule has 0 N–H and O–H groups in total. The Kier molecular flexibility index (Phi) is 6.16. The lowest BCUT2D eigenvalue weighted by atomic mass is 10.3. The first-order valence-corrected chi connectivity index (χ1v) is 6.63. The molecule has 3 nitrogen and oxygen atoms in total. The number of esters is 1. The van der Waals surface area contributed by atoms with Gasteiger partial charge in [0.15, 0.2) is 9.04 Å². The van der Waals surface area contributed by atoms with Gasteiger partial charge in [0.1, 0.15) is 0 Å². The number of ether oxygens (including phenoxy) is 1. The number of methoxy groups -OCH3 is 1. The molecule has 0 bridgehead atoms. The topological polar surface area (TPSA) is 35.5 Å². The molecule has 0 radical (unpaired) electrons. The molecular weight excluding hydrogens is 160 g/mol. The molecule has 0 heterocycles. The van der Waals surface area contributed by atoms with Crippen LogP contribution in [0.1, 0.15) is 12.8 Å². The zero-order chi connectivity index (χ0) is 8.69.